The molecule has 0 radical (unpaired) electrons. The van der Waals surface area contributed by atoms with Gasteiger partial charge in [0.2, 0.25) is 0 Å². The van der Waals surface area contributed by atoms with Gasteiger partial charge in [-0.3, -0.25) is 4.79 Å². The zero-order valence-electron chi connectivity index (χ0n) is 12.8. The van der Waals surface area contributed by atoms with E-state index in [-0.39, 0.29) is 11.9 Å². The Bertz CT molecular complexity index is 588. The van der Waals surface area contributed by atoms with Crippen LogP contribution < -0.4 is 5.73 Å². The van der Waals surface area contributed by atoms with E-state index in [4.69, 9.17) is 5.73 Å². The lowest BCUT2D eigenvalue weighted by molar-refractivity contribution is 0.0697. The van der Waals surface area contributed by atoms with Crippen LogP contribution in [0.3, 0.4) is 0 Å². The molecule has 1 aromatic carbocycles. The highest BCUT2D eigenvalue weighted by Crippen LogP contribution is 2.26. The molecule has 4 heteroatoms. The minimum absolute atomic E-state index is 0.114. The third-order valence-corrected chi connectivity index (χ3v) is 5.29. The van der Waals surface area contributed by atoms with Crippen LogP contribution in [0, 0.1) is 18.8 Å². The number of carbonyl (C=O) groups is 1. The van der Waals surface area contributed by atoms with E-state index in [2.05, 4.69) is 25.7 Å². The van der Waals surface area contributed by atoms with Gasteiger partial charge in [0.25, 0.3) is 5.91 Å². The third kappa shape index (κ3) is 3.61. The van der Waals surface area contributed by atoms with Crippen LogP contribution in [-0.2, 0) is 0 Å². The van der Waals surface area contributed by atoms with Crippen LogP contribution in [0.25, 0.3) is 0 Å². The van der Waals surface area contributed by atoms with Crippen molar-refractivity contribution in [1.82, 2.24) is 4.90 Å². The number of nitrogens with two attached hydrogens (primary N) is 1. The first-order chi connectivity index (χ1) is 10.0. The van der Waals surface area contributed by atoms with Gasteiger partial charge in [-0.05, 0) is 31.5 Å². The highest BCUT2D eigenvalue weighted by molar-refractivity contribution is 8.00. The number of benzene rings is 1. The van der Waals surface area contributed by atoms with Crippen molar-refractivity contribution in [1.29, 1.82) is 0 Å². The molecule has 21 heavy (non-hydrogen) atoms. The van der Waals surface area contributed by atoms with Gasteiger partial charge >= 0.3 is 0 Å². The molecule has 1 saturated heterocycles. The van der Waals surface area contributed by atoms with Gasteiger partial charge < -0.3 is 10.6 Å². The highest BCUT2D eigenvalue weighted by Gasteiger charge is 2.30. The van der Waals surface area contributed by atoms with Crippen LogP contribution in [0.15, 0.2) is 18.2 Å². The number of carbonyl (C=O) groups excluding carboxylic acids is 1. The Morgan fingerprint density at radius 2 is 2.24 bits per heavy atom. The Hall–Kier alpha value is -1.44. The molecule has 1 fully saturated rings. The number of nitrogens with zero attached hydrogens (tertiary/aromatic N) is 1. The first kappa shape index (κ1) is 15.9. The molecule has 1 aliphatic heterocycles. The van der Waals surface area contributed by atoms with E-state index in [9.17, 15) is 4.79 Å². The van der Waals surface area contributed by atoms with Gasteiger partial charge in [0.05, 0.1) is 6.54 Å². The highest BCUT2D eigenvalue weighted by atomic mass is 32.2. The van der Waals surface area contributed by atoms with Crippen molar-refractivity contribution in [3.05, 3.63) is 34.9 Å². The van der Waals surface area contributed by atoms with E-state index >= 15 is 0 Å². The third-order valence-electron chi connectivity index (χ3n) is 3.95. The van der Waals surface area contributed by atoms with Crippen LogP contribution in [0.4, 0.5) is 0 Å². The second-order valence-electron chi connectivity index (χ2n) is 5.35. The quantitative estimate of drug-likeness (QED) is 0.810. The van der Waals surface area contributed by atoms with Crippen molar-refractivity contribution in [3.8, 4) is 11.8 Å². The minimum atomic E-state index is 0.114. The lowest BCUT2D eigenvalue weighted by atomic mass is 10.0. The Balaban J connectivity index is 2.29. The lowest BCUT2D eigenvalue weighted by Crippen LogP contribution is -2.48. The van der Waals surface area contributed by atoms with Gasteiger partial charge in [-0.2, -0.15) is 11.8 Å². The van der Waals surface area contributed by atoms with Gasteiger partial charge in [0, 0.05) is 34.7 Å². The fraction of sp³-hybridized carbons (Fsp3) is 0.471. The summed E-state index contributed by atoms with van der Waals surface area (Å²) in [4.78, 5) is 14.8. The molecule has 0 aliphatic carbocycles. The molecule has 1 aliphatic rings. The van der Waals surface area contributed by atoms with Crippen LogP contribution in [0.2, 0.25) is 0 Å². The predicted octanol–water partition coefficient (Wildman–Crippen LogP) is 2.27. The van der Waals surface area contributed by atoms with Gasteiger partial charge in [0.1, 0.15) is 0 Å². The Labute approximate surface area is 131 Å². The SMILES string of the molecule is Cc1ccc(C#CCN)cc1C(=O)N1CCSC(C)C1C. The second kappa shape index (κ2) is 7.02. The van der Waals surface area contributed by atoms with Crippen molar-refractivity contribution in [2.24, 2.45) is 5.73 Å². The fourth-order valence-electron chi connectivity index (χ4n) is 2.46. The molecule has 0 spiro atoms. The van der Waals surface area contributed by atoms with Crippen molar-refractivity contribution in [3.63, 3.8) is 0 Å². The van der Waals surface area contributed by atoms with Gasteiger partial charge in [0.15, 0.2) is 0 Å². The summed E-state index contributed by atoms with van der Waals surface area (Å²) >= 11 is 1.93. The number of aryl methyl sites for hydroxylation is 1. The molecular formula is C17H22N2OS. The molecular weight excluding hydrogens is 280 g/mol. The molecule has 0 bridgehead atoms. The first-order valence-electron chi connectivity index (χ1n) is 7.26. The molecule has 112 valence electrons. The topological polar surface area (TPSA) is 46.3 Å². The minimum Gasteiger partial charge on any atom is -0.334 e. The summed E-state index contributed by atoms with van der Waals surface area (Å²) in [5, 5.41) is 0.475. The Morgan fingerprint density at radius 3 is 2.95 bits per heavy atom. The van der Waals surface area contributed by atoms with E-state index in [0.29, 0.717) is 11.8 Å². The molecule has 2 unspecified atom stereocenters. The molecule has 1 amide bonds. The Morgan fingerprint density at radius 1 is 1.48 bits per heavy atom. The van der Waals surface area contributed by atoms with Crippen molar-refractivity contribution >= 4 is 17.7 Å². The summed E-state index contributed by atoms with van der Waals surface area (Å²) in [5.41, 5.74) is 8.00. The molecule has 3 nitrogen and oxygen atoms in total. The summed E-state index contributed by atoms with van der Waals surface area (Å²) in [5.74, 6) is 6.95. The number of amides is 1. The monoisotopic (exact) mass is 302 g/mol. The summed E-state index contributed by atoms with van der Waals surface area (Å²) in [6.07, 6.45) is 0. The lowest BCUT2D eigenvalue weighted by Gasteiger charge is -2.37. The van der Waals surface area contributed by atoms with Gasteiger partial charge in [-0.25, -0.2) is 0 Å². The number of hydrogen-bond acceptors (Lipinski definition) is 3. The van der Waals surface area contributed by atoms with E-state index in [1.807, 2.05) is 41.8 Å². The summed E-state index contributed by atoms with van der Waals surface area (Å²) < 4.78 is 0. The second-order valence-corrected chi connectivity index (χ2v) is 6.84. The first-order valence-corrected chi connectivity index (χ1v) is 8.31. The zero-order chi connectivity index (χ0) is 15.4. The Kier molecular flexibility index (Phi) is 5.33. The van der Waals surface area contributed by atoms with Crippen molar-refractivity contribution in [2.45, 2.75) is 32.1 Å². The van der Waals surface area contributed by atoms with E-state index in [1.165, 1.54) is 0 Å². The molecule has 1 heterocycles. The maximum atomic E-state index is 12.8. The standard InChI is InChI=1S/C17H22N2OS/c1-12-6-7-15(5-4-8-18)11-16(12)17(20)19-9-10-21-14(3)13(19)2/h6-7,11,13-14H,8-10,18H2,1-3H3. The average Bonchev–Trinajstić information content (AvgIpc) is 2.48. The van der Waals surface area contributed by atoms with E-state index in [1.54, 1.807) is 0 Å². The van der Waals surface area contributed by atoms with Gasteiger partial charge in [-0.15, -0.1) is 0 Å². The largest absolute Gasteiger partial charge is 0.334 e. The molecule has 1 aromatic rings. The van der Waals surface area contributed by atoms with Crippen molar-refractivity contribution < 1.29 is 4.79 Å². The zero-order valence-corrected chi connectivity index (χ0v) is 13.7. The number of thioether (sulfide) groups is 1. The molecule has 2 rings (SSSR count). The predicted molar refractivity (Wildman–Crippen MR) is 89.5 cm³/mol. The number of rotatable bonds is 1. The molecule has 2 atom stereocenters. The normalized spacial score (nSPS) is 21.6. The summed E-state index contributed by atoms with van der Waals surface area (Å²) in [6, 6.07) is 6.04. The summed E-state index contributed by atoms with van der Waals surface area (Å²) in [7, 11) is 0. The molecule has 0 aromatic heterocycles. The maximum Gasteiger partial charge on any atom is 0.254 e. The smallest absolute Gasteiger partial charge is 0.254 e. The van der Waals surface area contributed by atoms with Crippen LogP contribution in [0.5, 0.6) is 0 Å². The summed E-state index contributed by atoms with van der Waals surface area (Å²) in [6.45, 7) is 7.43. The fourth-order valence-corrected chi connectivity index (χ4v) is 3.56. The number of hydrogen-bond donors (Lipinski definition) is 1. The molecule has 0 saturated carbocycles. The maximum absolute atomic E-state index is 12.8. The molecule has 2 N–H and O–H groups in total. The van der Waals surface area contributed by atoms with Crippen LogP contribution in [0.1, 0.15) is 35.3 Å². The van der Waals surface area contributed by atoms with Crippen LogP contribution >= 0.6 is 11.8 Å². The van der Waals surface area contributed by atoms with Gasteiger partial charge in [-0.1, -0.05) is 24.8 Å². The van der Waals surface area contributed by atoms with E-state index in [0.717, 1.165) is 29.0 Å². The van der Waals surface area contributed by atoms with E-state index < -0.39 is 0 Å². The average molecular weight is 302 g/mol. The van der Waals surface area contributed by atoms with Crippen molar-refractivity contribution in [2.75, 3.05) is 18.8 Å². The van der Waals surface area contributed by atoms with Crippen LogP contribution in [-0.4, -0.2) is 40.9 Å².